The molecule has 0 spiro atoms. The normalized spacial score (nSPS) is 12.9. The number of rotatable bonds is 10. The Morgan fingerprint density at radius 3 is 2.31 bits per heavy atom. The Morgan fingerprint density at radius 1 is 1.08 bits per heavy atom. The van der Waals surface area contributed by atoms with E-state index in [0.717, 1.165) is 11.1 Å². The van der Waals surface area contributed by atoms with Crippen molar-refractivity contribution in [3.8, 4) is 0 Å². The Hall–Kier alpha value is -3.26. The Labute approximate surface area is 219 Å². The van der Waals surface area contributed by atoms with E-state index in [9.17, 15) is 14.4 Å². The minimum absolute atomic E-state index is 0.0341. The molecule has 194 valence electrons. The average molecular weight is 512 g/mol. The van der Waals surface area contributed by atoms with Crippen LogP contribution in [0.15, 0.2) is 61.2 Å². The molecule has 0 radical (unpaired) electrons. The zero-order valence-corrected chi connectivity index (χ0v) is 22.5. The summed E-state index contributed by atoms with van der Waals surface area (Å²) in [6.07, 6.45) is 0.960. The molecule has 2 rings (SSSR count). The first kappa shape index (κ1) is 29.0. The van der Waals surface area contributed by atoms with Crippen molar-refractivity contribution in [2.45, 2.75) is 64.9 Å². The number of alkyl carbamates (subject to hydrolysis) is 1. The Kier molecular flexibility index (Phi) is 10.6. The van der Waals surface area contributed by atoms with Crippen molar-refractivity contribution in [1.82, 2.24) is 15.5 Å². The first-order valence-corrected chi connectivity index (χ1v) is 12.6. The van der Waals surface area contributed by atoms with Crippen molar-refractivity contribution in [2.75, 3.05) is 5.75 Å². The van der Waals surface area contributed by atoms with Crippen LogP contribution in [0.1, 0.15) is 57.4 Å². The largest absolute Gasteiger partial charge is 0.444 e. The number of nitrogens with one attached hydrogen (secondary N) is 2. The van der Waals surface area contributed by atoms with Gasteiger partial charge in [-0.3, -0.25) is 9.59 Å². The molecule has 0 aromatic heterocycles. The van der Waals surface area contributed by atoms with Crippen LogP contribution < -0.4 is 10.6 Å². The van der Waals surface area contributed by atoms with Crippen LogP contribution in [0.2, 0.25) is 0 Å². The van der Waals surface area contributed by atoms with Gasteiger partial charge in [0, 0.05) is 18.3 Å². The molecule has 0 heterocycles. The zero-order valence-electron chi connectivity index (χ0n) is 21.7. The third-order valence-corrected chi connectivity index (χ3v) is 5.65. The summed E-state index contributed by atoms with van der Waals surface area (Å²) in [5.41, 5.74) is 1.67. The molecule has 2 aromatic rings. The number of hydrogen-bond acceptors (Lipinski definition) is 5. The summed E-state index contributed by atoms with van der Waals surface area (Å²) in [5, 5.41) is 5.57. The van der Waals surface area contributed by atoms with Crippen LogP contribution in [0.5, 0.6) is 0 Å². The molecule has 7 nitrogen and oxygen atoms in total. The molecule has 0 aliphatic rings. The van der Waals surface area contributed by atoms with Gasteiger partial charge in [0.15, 0.2) is 0 Å². The van der Waals surface area contributed by atoms with Gasteiger partial charge in [0.05, 0.1) is 0 Å². The third-order valence-electron chi connectivity index (χ3n) is 5.28. The number of nitrogens with zero attached hydrogens (tertiary/aromatic N) is 1. The van der Waals surface area contributed by atoms with Crippen LogP contribution in [-0.2, 0) is 20.9 Å². The van der Waals surface area contributed by atoms with E-state index >= 15 is 0 Å². The molecule has 2 atom stereocenters. The fraction of sp³-hybridized carbons (Fsp3) is 0.393. The Bertz CT molecular complexity index is 1050. The van der Waals surface area contributed by atoms with E-state index in [0.29, 0.717) is 12.1 Å². The van der Waals surface area contributed by atoms with E-state index in [1.54, 1.807) is 32.9 Å². The fourth-order valence-corrected chi connectivity index (χ4v) is 3.92. The predicted octanol–water partition coefficient (Wildman–Crippen LogP) is 4.75. The molecule has 0 saturated heterocycles. The lowest BCUT2D eigenvalue weighted by atomic mass is 9.99. The standard InChI is InChI=1S/C28H37N3O4S/c1-7-20-14-11-15-22(16-20)24(25(32)29-17-21-12-9-8-10-13-21)31(19(2)3)26(33)23(18-36)30-27(34)35-28(4,5)6/h7-16,19,23-24,36H,1,17-18H2,2-6H3,(H,29,32)(H,30,34). The number of benzene rings is 2. The highest BCUT2D eigenvalue weighted by atomic mass is 32.1. The summed E-state index contributed by atoms with van der Waals surface area (Å²) < 4.78 is 5.33. The summed E-state index contributed by atoms with van der Waals surface area (Å²) in [4.78, 5) is 41.3. The van der Waals surface area contributed by atoms with E-state index in [4.69, 9.17) is 4.74 Å². The lowest BCUT2D eigenvalue weighted by Crippen LogP contribution is -2.55. The van der Waals surface area contributed by atoms with Gasteiger partial charge in [-0.05, 0) is 57.4 Å². The molecule has 2 aromatic carbocycles. The van der Waals surface area contributed by atoms with Crippen LogP contribution in [0.25, 0.3) is 6.08 Å². The Balaban J connectivity index is 2.42. The summed E-state index contributed by atoms with van der Waals surface area (Å²) in [6.45, 7) is 13.0. The maximum atomic E-state index is 13.8. The van der Waals surface area contributed by atoms with E-state index in [-0.39, 0.29) is 17.7 Å². The Morgan fingerprint density at radius 2 is 1.75 bits per heavy atom. The highest BCUT2D eigenvalue weighted by molar-refractivity contribution is 7.80. The predicted molar refractivity (Wildman–Crippen MR) is 147 cm³/mol. The van der Waals surface area contributed by atoms with E-state index in [2.05, 4.69) is 29.8 Å². The second kappa shape index (κ2) is 13.2. The molecule has 36 heavy (non-hydrogen) atoms. The smallest absolute Gasteiger partial charge is 0.408 e. The van der Waals surface area contributed by atoms with Gasteiger partial charge in [-0.1, -0.05) is 61.2 Å². The average Bonchev–Trinajstić information content (AvgIpc) is 2.83. The maximum absolute atomic E-state index is 13.8. The maximum Gasteiger partial charge on any atom is 0.408 e. The van der Waals surface area contributed by atoms with Gasteiger partial charge in [-0.15, -0.1) is 0 Å². The molecule has 0 saturated carbocycles. The summed E-state index contributed by atoms with van der Waals surface area (Å²) in [6, 6.07) is 14.6. The first-order valence-electron chi connectivity index (χ1n) is 11.9. The van der Waals surface area contributed by atoms with Crippen LogP contribution in [-0.4, -0.2) is 46.2 Å². The third kappa shape index (κ3) is 8.45. The number of ether oxygens (including phenoxy) is 1. The second-order valence-corrected chi connectivity index (χ2v) is 10.1. The molecule has 0 aliphatic carbocycles. The monoisotopic (exact) mass is 511 g/mol. The van der Waals surface area contributed by atoms with Crippen molar-refractivity contribution in [3.05, 3.63) is 77.9 Å². The molecule has 8 heteroatoms. The first-order chi connectivity index (χ1) is 17.0. The molecule has 0 fully saturated rings. The van der Waals surface area contributed by atoms with Crippen LogP contribution >= 0.6 is 12.6 Å². The lowest BCUT2D eigenvalue weighted by molar-refractivity contribution is -0.144. The molecule has 3 amide bonds. The zero-order chi connectivity index (χ0) is 26.9. The number of amides is 3. The van der Waals surface area contributed by atoms with Crippen molar-refractivity contribution in [3.63, 3.8) is 0 Å². The fourth-order valence-electron chi connectivity index (χ4n) is 3.67. The molecule has 2 N–H and O–H groups in total. The molecule has 2 unspecified atom stereocenters. The minimum Gasteiger partial charge on any atom is -0.444 e. The van der Waals surface area contributed by atoms with Gasteiger partial charge in [0.25, 0.3) is 0 Å². The van der Waals surface area contributed by atoms with Crippen molar-refractivity contribution >= 4 is 36.6 Å². The molecular weight excluding hydrogens is 474 g/mol. The van der Waals surface area contributed by atoms with E-state index in [1.807, 2.05) is 62.4 Å². The number of hydrogen-bond donors (Lipinski definition) is 3. The summed E-state index contributed by atoms with van der Waals surface area (Å²) >= 11 is 4.30. The van der Waals surface area contributed by atoms with Crippen LogP contribution in [0.3, 0.4) is 0 Å². The van der Waals surface area contributed by atoms with Gasteiger partial charge in [0.2, 0.25) is 11.8 Å². The molecule has 0 bridgehead atoms. The van der Waals surface area contributed by atoms with E-state index in [1.165, 1.54) is 4.90 Å². The topological polar surface area (TPSA) is 87.7 Å². The van der Waals surface area contributed by atoms with E-state index < -0.39 is 29.7 Å². The minimum atomic E-state index is -0.988. The van der Waals surface area contributed by atoms with Crippen LogP contribution in [0, 0.1) is 0 Å². The summed E-state index contributed by atoms with van der Waals surface area (Å²) in [5.74, 6) is -0.737. The molecular formula is C28H37N3O4S. The number of thiol groups is 1. The van der Waals surface area contributed by atoms with Crippen molar-refractivity contribution in [1.29, 1.82) is 0 Å². The van der Waals surface area contributed by atoms with Gasteiger partial charge in [0.1, 0.15) is 17.7 Å². The van der Waals surface area contributed by atoms with Gasteiger partial charge in [-0.2, -0.15) is 12.6 Å². The van der Waals surface area contributed by atoms with Crippen LogP contribution in [0.4, 0.5) is 4.79 Å². The van der Waals surface area contributed by atoms with Crippen molar-refractivity contribution in [2.24, 2.45) is 0 Å². The quantitative estimate of drug-likeness (QED) is 0.402. The van der Waals surface area contributed by atoms with Gasteiger partial charge < -0.3 is 20.3 Å². The number of carbonyl (C=O) groups excluding carboxylic acids is 3. The SMILES string of the molecule is C=Cc1cccc(C(C(=O)NCc2ccccc2)N(C(=O)C(CS)NC(=O)OC(C)(C)C)C(C)C)c1. The molecule has 0 aliphatic heterocycles. The lowest BCUT2D eigenvalue weighted by Gasteiger charge is -2.37. The second-order valence-electron chi connectivity index (χ2n) is 9.70. The van der Waals surface area contributed by atoms with Crippen molar-refractivity contribution < 1.29 is 19.1 Å². The van der Waals surface area contributed by atoms with Gasteiger partial charge >= 0.3 is 6.09 Å². The highest BCUT2D eigenvalue weighted by Gasteiger charge is 2.37. The highest BCUT2D eigenvalue weighted by Crippen LogP contribution is 2.26. The number of carbonyl (C=O) groups is 3. The summed E-state index contributed by atoms with van der Waals surface area (Å²) in [7, 11) is 0. The van der Waals surface area contributed by atoms with Gasteiger partial charge in [-0.25, -0.2) is 4.79 Å².